The highest BCUT2D eigenvalue weighted by Gasteiger charge is 2.08. The van der Waals surface area contributed by atoms with Gasteiger partial charge >= 0.3 is 5.97 Å². The molecule has 0 aliphatic heterocycles. The lowest BCUT2D eigenvalue weighted by Crippen LogP contribution is -2.24. The zero-order valence-corrected chi connectivity index (χ0v) is 6.75. The number of hydrogen-bond acceptors (Lipinski definition) is 4. The third kappa shape index (κ3) is 5.82. The second kappa shape index (κ2) is 6.12. The fourth-order valence-electron chi connectivity index (χ4n) is 0.753. The molecule has 66 valence electrons. The summed E-state index contributed by atoms with van der Waals surface area (Å²) in [6.07, 6.45) is 1.53. The summed E-state index contributed by atoms with van der Waals surface area (Å²) in [6, 6.07) is -0.186. The fourth-order valence-corrected chi connectivity index (χ4v) is 0.753. The lowest BCUT2D eigenvalue weighted by Gasteiger charge is -2.07. The van der Waals surface area contributed by atoms with Crippen molar-refractivity contribution in [1.29, 1.82) is 0 Å². The van der Waals surface area contributed by atoms with Gasteiger partial charge in [-0.2, -0.15) is 0 Å². The Labute approximate surface area is 66.3 Å². The van der Waals surface area contributed by atoms with E-state index in [-0.39, 0.29) is 25.0 Å². The average Bonchev–Trinajstić information content (AvgIpc) is 2.00. The number of carbonyl (C=O) groups excluding carboxylic acids is 1. The second-order valence-corrected chi connectivity index (χ2v) is 2.41. The van der Waals surface area contributed by atoms with Crippen LogP contribution in [0.25, 0.3) is 0 Å². The Morgan fingerprint density at radius 2 is 2.36 bits per heavy atom. The maximum Gasteiger partial charge on any atom is 0.307 e. The smallest absolute Gasteiger partial charge is 0.307 e. The molecule has 1 unspecified atom stereocenters. The third-order valence-electron chi connectivity index (χ3n) is 1.39. The SMILES string of the molecule is COC(=O)CC(N)CCCO. The first-order valence-electron chi connectivity index (χ1n) is 3.64. The zero-order valence-electron chi connectivity index (χ0n) is 6.75. The van der Waals surface area contributed by atoms with Crippen molar-refractivity contribution < 1.29 is 14.6 Å². The van der Waals surface area contributed by atoms with Crippen molar-refractivity contribution in [2.75, 3.05) is 13.7 Å². The van der Waals surface area contributed by atoms with Crippen LogP contribution in [0.5, 0.6) is 0 Å². The predicted octanol–water partition coefficient (Wildman–Crippen LogP) is -0.351. The molecule has 0 fully saturated rings. The summed E-state index contributed by atoms with van der Waals surface area (Å²) >= 11 is 0. The molecule has 3 N–H and O–H groups in total. The van der Waals surface area contributed by atoms with Crippen LogP contribution in [0.4, 0.5) is 0 Å². The van der Waals surface area contributed by atoms with E-state index in [0.717, 1.165) is 0 Å². The van der Waals surface area contributed by atoms with Crippen molar-refractivity contribution in [3.8, 4) is 0 Å². The minimum atomic E-state index is -0.296. The van der Waals surface area contributed by atoms with Gasteiger partial charge in [-0.15, -0.1) is 0 Å². The Morgan fingerprint density at radius 3 is 2.82 bits per heavy atom. The molecule has 0 aliphatic rings. The summed E-state index contributed by atoms with van der Waals surface area (Å²) in [7, 11) is 1.33. The van der Waals surface area contributed by atoms with E-state index < -0.39 is 0 Å². The Kier molecular flexibility index (Phi) is 5.78. The molecule has 11 heavy (non-hydrogen) atoms. The van der Waals surface area contributed by atoms with Gasteiger partial charge in [-0.1, -0.05) is 0 Å². The zero-order chi connectivity index (χ0) is 8.69. The number of esters is 1. The van der Waals surface area contributed by atoms with E-state index in [9.17, 15) is 4.79 Å². The van der Waals surface area contributed by atoms with Gasteiger partial charge in [0, 0.05) is 12.6 Å². The van der Waals surface area contributed by atoms with E-state index in [2.05, 4.69) is 4.74 Å². The summed E-state index contributed by atoms with van der Waals surface area (Å²) in [5, 5.41) is 8.43. The maximum absolute atomic E-state index is 10.6. The quantitative estimate of drug-likeness (QED) is 0.540. The van der Waals surface area contributed by atoms with E-state index in [1.54, 1.807) is 0 Å². The highest BCUT2D eigenvalue weighted by Crippen LogP contribution is 1.99. The molecular weight excluding hydrogens is 146 g/mol. The predicted molar refractivity (Wildman–Crippen MR) is 40.9 cm³/mol. The summed E-state index contributed by atoms with van der Waals surface area (Å²) in [6.45, 7) is 0.120. The van der Waals surface area contributed by atoms with Gasteiger partial charge in [-0.3, -0.25) is 4.79 Å². The van der Waals surface area contributed by atoms with Gasteiger partial charge in [0.25, 0.3) is 0 Å². The molecule has 0 heterocycles. The monoisotopic (exact) mass is 161 g/mol. The first-order chi connectivity index (χ1) is 5.20. The number of nitrogens with two attached hydrogens (primary N) is 1. The normalized spacial score (nSPS) is 12.6. The Balaban J connectivity index is 3.35. The first-order valence-corrected chi connectivity index (χ1v) is 3.64. The number of hydrogen-bond donors (Lipinski definition) is 2. The molecule has 0 aromatic heterocycles. The van der Waals surface area contributed by atoms with Crippen molar-refractivity contribution in [2.45, 2.75) is 25.3 Å². The molecule has 0 bridgehead atoms. The van der Waals surface area contributed by atoms with E-state index in [4.69, 9.17) is 10.8 Å². The van der Waals surface area contributed by atoms with E-state index in [1.807, 2.05) is 0 Å². The van der Waals surface area contributed by atoms with Crippen LogP contribution < -0.4 is 5.73 Å². The standard InChI is InChI=1S/C7H15NO3/c1-11-7(10)5-6(8)3-2-4-9/h6,9H,2-5,8H2,1H3. The molecule has 0 aromatic rings. The number of aliphatic hydroxyl groups is 1. The van der Waals surface area contributed by atoms with Crippen LogP contribution in [0.3, 0.4) is 0 Å². The topological polar surface area (TPSA) is 72.5 Å². The largest absolute Gasteiger partial charge is 0.469 e. The minimum absolute atomic E-state index is 0.120. The van der Waals surface area contributed by atoms with Crippen LogP contribution in [0.2, 0.25) is 0 Å². The number of ether oxygens (including phenoxy) is 1. The van der Waals surface area contributed by atoms with Gasteiger partial charge in [0.05, 0.1) is 13.5 Å². The van der Waals surface area contributed by atoms with Crippen molar-refractivity contribution in [3.63, 3.8) is 0 Å². The van der Waals surface area contributed by atoms with Crippen LogP contribution >= 0.6 is 0 Å². The van der Waals surface area contributed by atoms with E-state index in [1.165, 1.54) is 7.11 Å². The summed E-state index contributed by atoms with van der Waals surface area (Å²) in [5.41, 5.74) is 5.52. The van der Waals surface area contributed by atoms with Crippen LogP contribution in [0.1, 0.15) is 19.3 Å². The highest BCUT2D eigenvalue weighted by molar-refractivity contribution is 5.69. The molecule has 0 amide bonds. The molecule has 0 rings (SSSR count). The number of methoxy groups -OCH3 is 1. The van der Waals surface area contributed by atoms with Crippen LogP contribution in [-0.2, 0) is 9.53 Å². The van der Waals surface area contributed by atoms with Crippen molar-refractivity contribution in [3.05, 3.63) is 0 Å². The summed E-state index contributed by atoms with van der Waals surface area (Å²) in [4.78, 5) is 10.6. The molecule has 0 saturated carbocycles. The lowest BCUT2D eigenvalue weighted by molar-refractivity contribution is -0.141. The number of carbonyl (C=O) groups is 1. The highest BCUT2D eigenvalue weighted by atomic mass is 16.5. The van der Waals surface area contributed by atoms with E-state index >= 15 is 0 Å². The van der Waals surface area contributed by atoms with Gasteiger partial charge < -0.3 is 15.6 Å². The van der Waals surface area contributed by atoms with Gasteiger partial charge in [0.2, 0.25) is 0 Å². The summed E-state index contributed by atoms with van der Waals surface area (Å²) in [5.74, 6) is -0.296. The average molecular weight is 161 g/mol. The van der Waals surface area contributed by atoms with Gasteiger partial charge in [-0.25, -0.2) is 0 Å². The molecule has 4 nitrogen and oxygen atoms in total. The van der Waals surface area contributed by atoms with Crippen LogP contribution in [0.15, 0.2) is 0 Å². The van der Waals surface area contributed by atoms with Gasteiger partial charge in [0.1, 0.15) is 0 Å². The molecular formula is C7H15NO3. The fraction of sp³-hybridized carbons (Fsp3) is 0.857. The second-order valence-electron chi connectivity index (χ2n) is 2.41. The van der Waals surface area contributed by atoms with Gasteiger partial charge in [0.15, 0.2) is 0 Å². The minimum Gasteiger partial charge on any atom is -0.469 e. The molecule has 0 saturated heterocycles. The number of rotatable bonds is 5. The molecule has 1 atom stereocenters. The summed E-state index contributed by atoms with van der Waals surface area (Å²) < 4.78 is 4.42. The van der Waals surface area contributed by atoms with Crippen LogP contribution in [0, 0.1) is 0 Å². The molecule has 0 aromatic carbocycles. The van der Waals surface area contributed by atoms with Crippen molar-refractivity contribution in [2.24, 2.45) is 5.73 Å². The van der Waals surface area contributed by atoms with E-state index in [0.29, 0.717) is 12.8 Å². The molecule has 0 spiro atoms. The number of aliphatic hydroxyl groups excluding tert-OH is 1. The Bertz CT molecular complexity index is 116. The lowest BCUT2D eigenvalue weighted by atomic mass is 10.1. The van der Waals surface area contributed by atoms with Gasteiger partial charge in [-0.05, 0) is 12.8 Å². The molecule has 0 aliphatic carbocycles. The Hall–Kier alpha value is -0.610. The first kappa shape index (κ1) is 10.4. The third-order valence-corrected chi connectivity index (χ3v) is 1.39. The van der Waals surface area contributed by atoms with Crippen LogP contribution in [-0.4, -0.2) is 30.8 Å². The molecule has 4 heteroatoms. The maximum atomic E-state index is 10.6. The molecule has 0 radical (unpaired) electrons. The van der Waals surface area contributed by atoms with Crippen molar-refractivity contribution >= 4 is 5.97 Å². The van der Waals surface area contributed by atoms with Crippen molar-refractivity contribution in [1.82, 2.24) is 0 Å². The Morgan fingerprint density at radius 1 is 1.73 bits per heavy atom.